The average molecular weight is 353 g/mol. The predicted molar refractivity (Wildman–Crippen MR) is 86.1 cm³/mol. The number of carbonyl (C=O) groups is 1. The fourth-order valence-electron chi connectivity index (χ4n) is 2.16. The van der Waals surface area contributed by atoms with Crippen LogP contribution in [0.25, 0.3) is 0 Å². The van der Waals surface area contributed by atoms with Crippen LogP contribution in [0.5, 0.6) is 0 Å². The zero-order chi connectivity index (χ0) is 17.9. The Bertz CT molecular complexity index is 880. The number of aromatic carboxylic acids is 1. The lowest BCUT2D eigenvalue weighted by Gasteiger charge is -2.14. The number of methoxy groups -OCH3 is 1. The van der Waals surface area contributed by atoms with Crippen LogP contribution in [0.2, 0.25) is 0 Å². The molecule has 0 unspecified atom stereocenters. The molecule has 2 N–H and O–H groups in total. The third kappa shape index (κ3) is 3.72. The summed E-state index contributed by atoms with van der Waals surface area (Å²) in [5.41, 5.74) is 0.274. The van der Waals surface area contributed by atoms with Crippen LogP contribution in [0.4, 0.5) is 10.1 Å². The number of rotatable bonds is 6. The second-order valence-corrected chi connectivity index (χ2v) is 6.73. The summed E-state index contributed by atoms with van der Waals surface area (Å²) in [6, 6.07) is 8.30. The van der Waals surface area contributed by atoms with Crippen molar-refractivity contribution < 1.29 is 27.4 Å². The van der Waals surface area contributed by atoms with Crippen LogP contribution in [-0.2, 0) is 21.4 Å². The van der Waals surface area contributed by atoms with E-state index in [1.165, 1.54) is 14.0 Å². The van der Waals surface area contributed by atoms with E-state index in [9.17, 15) is 17.6 Å². The smallest absolute Gasteiger partial charge is 0.335 e. The maximum absolute atomic E-state index is 13.9. The first-order chi connectivity index (χ1) is 11.3. The van der Waals surface area contributed by atoms with Gasteiger partial charge in [-0.05, 0) is 25.1 Å². The number of carboxylic acid groups (broad SMARTS) is 1. The van der Waals surface area contributed by atoms with E-state index in [0.29, 0.717) is 5.56 Å². The van der Waals surface area contributed by atoms with Crippen molar-refractivity contribution in [2.45, 2.75) is 18.4 Å². The topological polar surface area (TPSA) is 92.7 Å². The van der Waals surface area contributed by atoms with Gasteiger partial charge >= 0.3 is 5.97 Å². The summed E-state index contributed by atoms with van der Waals surface area (Å²) in [5.74, 6) is -2.31. The standard InChI is InChI=1S/C16H16FNO5S/c1-10-13(17)7-12(16(19)20)8-15(10)24(21,22)18-14-6-4-3-5-11(14)9-23-2/h3-8,18H,9H2,1-2H3,(H,19,20). The summed E-state index contributed by atoms with van der Waals surface area (Å²) in [6.07, 6.45) is 0. The maximum Gasteiger partial charge on any atom is 0.335 e. The summed E-state index contributed by atoms with van der Waals surface area (Å²) >= 11 is 0. The summed E-state index contributed by atoms with van der Waals surface area (Å²) in [6.45, 7) is 1.46. The Morgan fingerprint density at radius 1 is 1.29 bits per heavy atom. The molecule has 0 atom stereocenters. The van der Waals surface area contributed by atoms with Crippen molar-refractivity contribution in [3.8, 4) is 0 Å². The molecule has 128 valence electrons. The lowest BCUT2D eigenvalue weighted by molar-refractivity contribution is 0.0696. The van der Waals surface area contributed by atoms with Gasteiger partial charge in [-0.3, -0.25) is 4.72 Å². The monoisotopic (exact) mass is 353 g/mol. The minimum atomic E-state index is -4.17. The van der Waals surface area contributed by atoms with Gasteiger partial charge in [0, 0.05) is 18.2 Å². The van der Waals surface area contributed by atoms with Crippen molar-refractivity contribution in [3.05, 3.63) is 58.9 Å². The Morgan fingerprint density at radius 2 is 1.96 bits per heavy atom. The van der Waals surface area contributed by atoms with Gasteiger partial charge in [0.05, 0.1) is 22.8 Å². The second-order valence-electron chi connectivity index (χ2n) is 5.08. The molecule has 0 saturated carbocycles. The molecule has 0 aliphatic carbocycles. The zero-order valence-corrected chi connectivity index (χ0v) is 13.9. The van der Waals surface area contributed by atoms with Gasteiger partial charge < -0.3 is 9.84 Å². The SMILES string of the molecule is COCc1ccccc1NS(=O)(=O)c1cc(C(=O)O)cc(F)c1C. The van der Waals surface area contributed by atoms with E-state index in [2.05, 4.69) is 4.72 Å². The summed E-state index contributed by atoms with van der Waals surface area (Å²) in [4.78, 5) is 10.6. The molecule has 6 nitrogen and oxygen atoms in total. The highest BCUT2D eigenvalue weighted by Crippen LogP contribution is 2.25. The maximum atomic E-state index is 13.9. The van der Waals surface area contributed by atoms with Crippen molar-refractivity contribution in [1.29, 1.82) is 0 Å². The van der Waals surface area contributed by atoms with Crippen molar-refractivity contribution >= 4 is 21.7 Å². The quantitative estimate of drug-likeness (QED) is 0.833. The lowest BCUT2D eigenvalue weighted by atomic mass is 10.1. The predicted octanol–water partition coefficient (Wildman–Crippen LogP) is 2.78. The third-order valence-corrected chi connectivity index (χ3v) is 4.89. The van der Waals surface area contributed by atoms with Gasteiger partial charge in [-0.2, -0.15) is 0 Å². The van der Waals surface area contributed by atoms with Crippen LogP contribution in [0, 0.1) is 12.7 Å². The Kier molecular flexibility index (Phi) is 5.20. The largest absolute Gasteiger partial charge is 0.478 e. The fraction of sp³-hybridized carbons (Fsp3) is 0.188. The van der Waals surface area contributed by atoms with Crippen molar-refractivity contribution in [2.75, 3.05) is 11.8 Å². The number of benzene rings is 2. The number of hydrogen-bond acceptors (Lipinski definition) is 4. The highest BCUT2D eigenvalue weighted by molar-refractivity contribution is 7.92. The highest BCUT2D eigenvalue weighted by Gasteiger charge is 2.23. The van der Waals surface area contributed by atoms with Gasteiger partial charge in [0.1, 0.15) is 5.82 Å². The first kappa shape index (κ1) is 17.9. The van der Waals surface area contributed by atoms with Crippen LogP contribution in [0.15, 0.2) is 41.3 Å². The molecule has 0 fully saturated rings. The Labute approximate surface area is 138 Å². The minimum absolute atomic E-state index is 0.156. The van der Waals surface area contributed by atoms with E-state index in [1.54, 1.807) is 24.3 Å². The number of carboxylic acids is 1. The van der Waals surface area contributed by atoms with Gasteiger partial charge in [-0.1, -0.05) is 18.2 Å². The first-order valence-corrected chi connectivity index (χ1v) is 8.37. The number of ether oxygens (including phenoxy) is 1. The molecule has 24 heavy (non-hydrogen) atoms. The fourth-order valence-corrected chi connectivity index (χ4v) is 3.54. The zero-order valence-electron chi connectivity index (χ0n) is 13.0. The third-order valence-electron chi connectivity index (χ3n) is 3.39. The normalized spacial score (nSPS) is 11.3. The van der Waals surface area contributed by atoms with E-state index in [-0.39, 0.29) is 17.9 Å². The lowest BCUT2D eigenvalue weighted by Crippen LogP contribution is -2.17. The Hall–Kier alpha value is -2.45. The van der Waals surface area contributed by atoms with Crippen LogP contribution in [0.1, 0.15) is 21.5 Å². The van der Waals surface area contributed by atoms with E-state index < -0.39 is 32.3 Å². The molecule has 8 heteroatoms. The second kappa shape index (κ2) is 6.98. The molecule has 0 spiro atoms. The summed E-state index contributed by atoms with van der Waals surface area (Å²) in [5, 5.41) is 9.00. The van der Waals surface area contributed by atoms with Crippen molar-refractivity contribution in [3.63, 3.8) is 0 Å². The summed E-state index contributed by atoms with van der Waals surface area (Å²) in [7, 11) is -2.70. The molecule has 2 rings (SSSR count). The van der Waals surface area contributed by atoms with Crippen LogP contribution >= 0.6 is 0 Å². The number of anilines is 1. The van der Waals surface area contributed by atoms with Gasteiger partial charge in [0.2, 0.25) is 0 Å². The molecular weight excluding hydrogens is 337 g/mol. The number of para-hydroxylation sites is 1. The van der Waals surface area contributed by atoms with E-state index >= 15 is 0 Å². The summed E-state index contributed by atoms with van der Waals surface area (Å²) < 4.78 is 46.4. The van der Waals surface area contributed by atoms with E-state index in [1.807, 2.05) is 0 Å². The van der Waals surface area contributed by atoms with Gasteiger partial charge in [0.25, 0.3) is 10.0 Å². The number of halogens is 1. The first-order valence-electron chi connectivity index (χ1n) is 6.89. The molecule has 2 aromatic rings. The van der Waals surface area contributed by atoms with Crippen molar-refractivity contribution in [1.82, 2.24) is 0 Å². The van der Waals surface area contributed by atoms with E-state index in [4.69, 9.17) is 9.84 Å². The van der Waals surface area contributed by atoms with Gasteiger partial charge in [0.15, 0.2) is 0 Å². The molecule has 0 bridgehead atoms. The van der Waals surface area contributed by atoms with Crippen LogP contribution in [0.3, 0.4) is 0 Å². The molecule has 2 aromatic carbocycles. The number of sulfonamides is 1. The van der Waals surface area contributed by atoms with Gasteiger partial charge in [-0.15, -0.1) is 0 Å². The highest BCUT2D eigenvalue weighted by atomic mass is 32.2. The van der Waals surface area contributed by atoms with Crippen LogP contribution < -0.4 is 4.72 Å². The molecular formula is C16H16FNO5S. The Morgan fingerprint density at radius 3 is 2.58 bits per heavy atom. The molecule has 0 radical (unpaired) electrons. The molecule has 0 amide bonds. The Balaban J connectivity index is 2.51. The molecule has 0 heterocycles. The molecule has 0 aliphatic rings. The van der Waals surface area contributed by atoms with Crippen molar-refractivity contribution in [2.24, 2.45) is 0 Å². The number of nitrogens with one attached hydrogen (secondary N) is 1. The number of hydrogen-bond donors (Lipinski definition) is 2. The minimum Gasteiger partial charge on any atom is -0.478 e. The molecule has 0 aromatic heterocycles. The van der Waals surface area contributed by atoms with Gasteiger partial charge in [-0.25, -0.2) is 17.6 Å². The van der Waals surface area contributed by atoms with Crippen LogP contribution in [-0.4, -0.2) is 26.6 Å². The average Bonchev–Trinajstić information content (AvgIpc) is 2.51. The molecule has 0 saturated heterocycles. The van der Waals surface area contributed by atoms with E-state index in [0.717, 1.165) is 12.1 Å². The molecule has 0 aliphatic heterocycles.